The monoisotopic (exact) mass is 378 g/mol. The number of fused-ring (bicyclic) bond motifs is 1. The van der Waals surface area contributed by atoms with Gasteiger partial charge in [-0.2, -0.15) is 10.5 Å². The summed E-state index contributed by atoms with van der Waals surface area (Å²) in [7, 11) is 0. The lowest BCUT2D eigenvalue weighted by molar-refractivity contribution is 0.210. The van der Waals surface area contributed by atoms with Crippen molar-refractivity contribution < 1.29 is 8.78 Å². The zero-order valence-electron chi connectivity index (χ0n) is 15.4. The predicted molar refractivity (Wildman–Crippen MR) is 104 cm³/mol. The van der Waals surface area contributed by atoms with E-state index in [-0.39, 0.29) is 6.04 Å². The lowest BCUT2D eigenvalue weighted by Crippen LogP contribution is -2.39. The second-order valence-electron chi connectivity index (χ2n) is 7.23. The normalized spacial score (nSPS) is 16.8. The number of nitrogens with zero attached hydrogens (tertiary/aromatic N) is 4. The first-order valence-electron chi connectivity index (χ1n) is 9.47. The van der Waals surface area contributed by atoms with E-state index < -0.39 is 19.4 Å². The maximum atomic E-state index is 13.5. The molecular weight excluding hydrogens is 358 g/mol. The maximum absolute atomic E-state index is 13.5. The minimum Gasteiger partial charge on any atom is -0.358 e. The number of halogens is 2. The SMILES string of the molecule is N#Cc1ccc2c(C#N)c(C3=CC=CCN3C(CF)CF)n(C3CCC3)c2c1. The molecule has 0 radical (unpaired) electrons. The van der Waals surface area contributed by atoms with Gasteiger partial charge >= 0.3 is 0 Å². The lowest BCUT2D eigenvalue weighted by atomic mass is 9.92. The van der Waals surface area contributed by atoms with Gasteiger partial charge in [0.25, 0.3) is 0 Å². The van der Waals surface area contributed by atoms with Crippen molar-refractivity contribution in [3.05, 3.63) is 53.2 Å². The maximum Gasteiger partial charge on any atom is 0.112 e. The summed E-state index contributed by atoms with van der Waals surface area (Å²) < 4.78 is 29.1. The number of aromatic nitrogens is 1. The van der Waals surface area contributed by atoms with E-state index >= 15 is 0 Å². The first-order valence-corrected chi connectivity index (χ1v) is 9.47. The third-order valence-corrected chi connectivity index (χ3v) is 5.73. The zero-order chi connectivity index (χ0) is 19.7. The van der Waals surface area contributed by atoms with Crippen molar-refractivity contribution in [3.63, 3.8) is 0 Å². The Morgan fingerprint density at radius 1 is 1.14 bits per heavy atom. The Morgan fingerprint density at radius 3 is 2.54 bits per heavy atom. The van der Waals surface area contributed by atoms with Crippen molar-refractivity contribution in [1.82, 2.24) is 9.47 Å². The molecule has 1 aromatic carbocycles. The second kappa shape index (κ2) is 7.48. The van der Waals surface area contributed by atoms with Crippen LogP contribution >= 0.6 is 0 Å². The minimum absolute atomic E-state index is 0.219. The molecule has 28 heavy (non-hydrogen) atoms. The van der Waals surface area contributed by atoms with Gasteiger partial charge in [-0.15, -0.1) is 0 Å². The van der Waals surface area contributed by atoms with Crippen LogP contribution in [-0.4, -0.2) is 35.4 Å². The molecular formula is C22H20F2N4. The van der Waals surface area contributed by atoms with E-state index in [9.17, 15) is 19.3 Å². The Labute approximate surface area is 162 Å². The molecule has 1 aliphatic carbocycles. The van der Waals surface area contributed by atoms with Gasteiger partial charge in [0.05, 0.1) is 40.1 Å². The highest BCUT2D eigenvalue weighted by atomic mass is 19.1. The summed E-state index contributed by atoms with van der Waals surface area (Å²) in [5, 5.41) is 20.1. The van der Waals surface area contributed by atoms with Crippen LogP contribution in [0.25, 0.3) is 16.6 Å². The van der Waals surface area contributed by atoms with Gasteiger partial charge in [-0.05, 0) is 37.5 Å². The molecule has 6 heteroatoms. The van der Waals surface area contributed by atoms with E-state index in [0.29, 0.717) is 29.1 Å². The molecule has 2 heterocycles. The number of benzene rings is 1. The highest BCUT2D eigenvalue weighted by Crippen LogP contribution is 2.42. The topological polar surface area (TPSA) is 55.8 Å². The molecule has 0 saturated heterocycles. The van der Waals surface area contributed by atoms with Crippen LogP contribution in [0.2, 0.25) is 0 Å². The third kappa shape index (κ3) is 2.77. The second-order valence-corrected chi connectivity index (χ2v) is 7.23. The molecule has 2 aliphatic rings. The van der Waals surface area contributed by atoms with Gasteiger partial charge in [0.2, 0.25) is 0 Å². The smallest absolute Gasteiger partial charge is 0.112 e. The van der Waals surface area contributed by atoms with E-state index in [1.54, 1.807) is 17.0 Å². The molecule has 1 saturated carbocycles. The fourth-order valence-corrected chi connectivity index (χ4v) is 4.07. The number of hydrogen-bond donors (Lipinski definition) is 0. The van der Waals surface area contributed by atoms with E-state index in [1.165, 1.54) is 0 Å². The summed E-state index contributed by atoms with van der Waals surface area (Å²) in [6, 6.07) is 9.12. The van der Waals surface area contributed by atoms with E-state index in [2.05, 4.69) is 16.7 Å². The summed E-state index contributed by atoms with van der Waals surface area (Å²) in [4.78, 5) is 1.70. The highest BCUT2D eigenvalue weighted by Gasteiger charge is 2.32. The van der Waals surface area contributed by atoms with Gasteiger partial charge in [-0.3, -0.25) is 0 Å². The van der Waals surface area contributed by atoms with Crippen molar-refractivity contribution in [2.45, 2.75) is 31.3 Å². The summed E-state index contributed by atoms with van der Waals surface area (Å²) in [5.41, 5.74) is 3.23. The number of hydrogen-bond acceptors (Lipinski definition) is 3. The summed E-state index contributed by atoms with van der Waals surface area (Å²) in [6.45, 7) is -1.21. The average Bonchev–Trinajstić information content (AvgIpc) is 3.01. The van der Waals surface area contributed by atoms with Crippen LogP contribution < -0.4 is 0 Å². The molecule has 0 spiro atoms. The number of rotatable bonds is 5. The first kappa shape index (κ1) is 18.3. The minimum atomic E-state index is -0.884. The molecule has 2 aromatic rings. The number of nitriles is 2. The van der Waals surface area contributed by atoms with Crippen molar-refractivity contribution in [3.8, 4) is 12.1 Å². The van der Waals surface area contributed by atoms with E-state index in [0.717, 1.165) is 30.2 Å². The molecule has 4 rings (SSSR count). The van der Waals surface area contributed by atoms with Crippen molar-refractivity contribution in [2.24, 2.45) is 0 Å². The molecule has 0 N–H and O–H groups in total. The van der Waals surface area contributed by atoms with Crippen LogP contribution in [0.1, 0.15) is 42.1 Å². The van der Waals surface area contributed by atoms with Crippen molar-refractivity contribution in [1.29, 1.82) is 10.5 Å². The van der Waals surface area contributed by atoms with Crippen LogP contribution in [0.4, 0.5) is 8.78 Å². The summed E-state index contributed by atoms with van der Waals surface area (Å²) in [6.07, 6.45) is 8.62. The van der Waals surface area contributed by atoms with Crippen LogP contribution in [0.3, 0.4) is 0 Å². The Balaban J connectivity index is 2.00. The fourth-order valence-electron chi connectivity index (χ4n) is 4.07. The fraction of sp³-hybridized carbons (Fsp3) is 0.364. The Kier molecular flexibility index (Phi) is 4.88. The van der Waals surface area contributed by atoms with Gasteiger partial charge in [-0.25, -0.2) is 8.78 Å². The van der Waals surface area contributed by atoms with Crippen LogP contribution in [-0.2, 0) is 0 Å². The molecule has 0 amide bonds. The Hall–Kier alpha value is -3.12. The van der Waals surface area contributed by atoms with Crippen molar-refractivity contribution in [2.75, 3.05) is 19.9 Å². The van der Waals surface area contributed by atoms with Crippen LogP contribution in [0, 0.1) is 22.7 Å². The van der Waals surface area contributed by atoms with E-state index in [4.69, 9.17) is 0 Å². The van der Waals surface area contributed by atoms with Gasteiger partial charge in [0, 0.05) is 18.0 Å². The van der Waals surface area contributed by atoms with Gasteiger partial charge in [0.15, 0.2) is 0 Å². The molecule has 0 atom stereocenters. The first-order chi connectivity index (χ1) is 13.7. The molecule has 4 nitrogen and oxygen atoms in total. The molecule has 0 bridgehead atoms. The molecule has 0 unspecified atom stereocenters. The molecule has 1 fully saturated rings. The van der Waals surface area contributed by atoms with Crippen LogP contribution in [0.15, 0.2) is 36.4 Å². The summed E-state index contributed by atoms with van der Waals surface area (Å²) in [5.74, 6) is 0. The number of alkyl halides is 2. The van der Waals surface area contributed by atoms with E-state index in [1.807, 2.05) is 24.3 Å². The predicted octanol–water partition coefficient (Wildman–Crippen LogP) is 4.63. The standard InChI is InChI=1S/C22H20F2N4/c23-11-17(12-24)27-9-2-1-6-20(27)22-19(14-26)18-8-7-15(13-25)10-21(18)28(22)16-4-3-5-16/h1-2,6-8,10,16-17H,3-5,9,11-12H2. The Bertz CT molecular complexity index is 1040. The quantitative estimate of drug-likeness (QED) is 0.762. The lowest BCUT2D eigenvalue weighted by Gasteiger charge is -2.36. The molecule has 1 aromatic heterocycles. The van der Waals surface area contributed by atoms with Crippen molar-refractivity contribution >= 4 is 16.6 Å². The zero-order valence-corrected chi connectivity index (χ0v) is 15.4. The molecule has 1 aliphatic heterocycles. The average molecular weight is 378 g/mol. The largest absolute Gasteiger partial charge is 0.358 e. The third-order valence-electron chi connectivity index (χ3n) is 5.73. The molecule has 142 valence electrons. The Morgan fingerprint density at radius 2 is 1.93 bits per heavy atom. The van der Waals surface area contributed by atoms with Gasteiger partial charge < -0.3 is 9.47 Å². The van der Waals surface area contributed by atoms with Gasteiger partial charge in [-0.1, -0.05) is 18.2 Å². The number of allylic oxidation sites excluding steroid dienone is 2. The summed E-state index contributed by atoms with van der Waals surface area (Å²) >= 11 is 0. The van der Waals surface area contributed by atoms with Crippen LogP contribution in [0.5, 0.6) is 0 Å². The van der Waals surface area contributed by atoms with Gasteiger partial charge in [0.1, 0.15) is 19.4 Å². The highest BCUT2D eigenvalue weighted by molar-refractivity contribution is 5.94.